The number of rotatable bonds is 4. The summed E-state index contributed by atoms with van der Waals surface area (Å²) in [5, 5.41) is 2.79. The third-order valence-electron chi connectivity index (χ3n) is 4.76. The molecule has 1 fully saturated rings. The van der Waals surface area contributed by atoms with Crippen LogP contribution < -0.4 is 9.62 Å². The van der Waals surface area contributed by atoms with E-state index < -0.39 is 10.0 Å². The Labute approximate surface area is 152 Å². The SMILES string of the molecule is O=C(CN1c2ccccc2-c2ccccc2S1(=O)=O)NCC1CCCO1. The van der Waals surface area contributed by atoms with Crippen LogP contribution >= 0.6 is 0 Å². The smallest absolute Gasteiger partial charge is 0.265 e. The van der Waals surface area contributed by atoms with Crippen LogP contribution in [0.1, 0.15) is 12.8 Å². The standard InChI is InChI=1S/C19H20N2O4S/c22-19(20-12-14-6-5-11-25-14)13-21-17-9-3-1-7-15(17)16-8-2-4-10-18(16)26(21,23)24/h1-4,7-10,14H,5-6,11-13H2,(H,20,22). The van der Waals surface area contributed by atoms with Gasteiger partial charge in [0.1, 0.15) is 6.54 Å². The fourth-order valence-corrected chi connectivity index (χ4v) is 5.12. The molecule has 1 unspecified atom stereocenters. The molecule has 0 aromatic heterocycles. The molecule has 6 nitrogen and oxygen atoms in total. The average Bonchev–Trinajstić information content (AvgIpc) is 3.17. The molecule has 1 saturated heterocycles. The first-order valence-corrected chi connectivity index (χ1v) is 10.1. The number of ether oxygens (including phenoxy) is 1. The normalized spacial score (nSPS) is 20.3. The number of hydrogen-bond donors (Lipinski definition) is 1. The van der Waals surface area contributed by atoms with Gasteiger partial charge in [0.2, 0.25) is 5.91 Å². The van der Waals surface area contributed by atoms with E-state index in [1.165, 1.54) is 4.31 Å². The van der Waals surface area contributed by atoms with Gasteiger partial charge in [-0.3, -0.25) is 9.10 Å². The lowest BCUT2D eigenvalue weighted by Crippen LogP contribution is -2.44. The first-order chi connectivity index (χ1) is 12.6. The number of carbonyl (C=O) groups is 1. The molecule has 26 heavy (non-hydrogen) atoms. The van der Waals surface area contributed by atoms with Gasteiger partial charge in [0.25, 0.3) is 10.0 Å². The highest BCUT2D eigenvalue weighted by Crippen LogP contribution is 2.42. The molecule has 2 aromatic carbocycles. The summed E-state index contributed by atoms with van der Waals surface area (Å²) in [4.78, 5) is 12.6. The van der Waals surface area contributed by atoms with Gasteiger partial charge < -0.3 is 10.1 Å². The zero-order chi connectivity index (χ0) is 18.1. The van der Waals surface area contributed by atoms with Crippen molar-refractivity contribution in [1.82, 2.24) is 5.32 Å². The monoisotopic (exact) mass is 372 g/mol. The van der Waals surface area contributed by atoms with E-state index >= 15 is 0 Å². The lowest BCUT2D eigenvalue weighted by molar-refractivity contribution is -0.120. The molecule has 0 saturated carbocycles. The van der Waals surface area contributed by atoms with Gasteiger partial charge in [-0.15, -0.1) is 0 Å². The highest BCUT2D eigenvalue weighted by molar-refractivity contribution is 7.93. The molecule has 1 atom stereocenters. The van der Waals surface area contributed by atoms with Crippen LogP contribution in [0.3, 0.4) is 0 Å². The molecule has 0 aliphatic carbocycles. The van der Waals surface area contributed by atoms with E-state index in [4.69, 9.17) is 4.74 Å². The number of hydrogen-bond acceptors (Lipinski definition) is 4. The van der Waals surface area contributed by atoms with Crippen molar-refractivity contribution in [2.75, 3.05) is 24.0 Å². The second kappa shape index (κ2) is 6.74. The highest BCUT2D eigenvalue weighted by atomic mass is 32.2. The van der Waals surface area contributed by atoms with Crippen molar-refractivity contribution >= 4 is 21.6 Å². The Kier molecular flexibility index (Phi) is 4.42. The third kappa shape index (κ3) is 2.97. The number of carbonyl (C=O) groups excluding carboxylic acids is 1. The molecule has 2 aliphatic rings. The Hall–Kier alpha value is -2.38. The summed E-state index contributed by atoms with van der Waals surface area (Å²) >= 11 is 0. The summed E-state index contributed by atoms with van der Waals surface area (Å²) in [5.74, 6) is -0.335. The largest absolute Gasteiger partial charge is 0.376 e. The van der Waals surface area contributed by atoms with Crippen LogP contribution in [0.4, 0.5) is 5.69 Å². The Bertz CT molecular complexity index is 936. The minimum Gasteiger partial charge on any atom is -0.376 e. The first kappa shape index (κ1) is 17.1. The molecule has 2 aliphatic heterocycles. The van der Waals surface area contributed by atoms with E-state index in [9.17, 15) is 13.2 Å². The maximum absolute atomic E-state index is 13.1. The number of fused-ring (bicyclic) bond motifs is 3. The van der Waals surface area contributed by atoms with Crippen molar-refractivity contribution in [2.24, 2.45) is 0 Å². The quantitative estimate of drug-likeness (QED) is 0.892. The van der Waals surface area contributed by atoms with Gasteiger partial charge in [-0.2, -0.15) is 0 Å². The van der Waals surface area contributed by atoms with Crippen LogP contribution in [-0.2, 0) is 19.6 Å². The van der Waals surface area contributed by atoms with E-state index in [1.54, 1.807) is 30.3 Å². The maximum atomic E-state index is 13.1. The van der Waals surface area contributed by atoms with Gasteiger partial charge in [0, 0.05) is 24.3 Å². The molecule has 4 rings (SSSR count). The van der Waals surface area contributed by atoms with E-state index in [2.05, 4.69) is 5.32 Å². The first-order valence-electron chi connectivity index (χ1n) is 8.67. The van der Waals surface area contributed by atoms with Crippen molar-refractivity contribution in [3.63, 3.8) is 0 Å². The van der Waals surface area contributed by atoms with E-state index in [0.717, 1.165) is 18.4 Å². The topological polar surface area (TPSA) is 75.7 Å². The van der Waals surface area contributed by atoms with Crippen molar-refractivity contribution in [2.45, 2.75) is 23.8 Å². The maximum Gasteiger partial charge on any atom is 0.265 e. The summed E-state index contributed by atoms with van der Waals surface area (Å²) in [6, 6.07) is 14.1. The predicted octanol–water partition coefficient (Wildman–Crippen LogP) is 2.16. The van der Waals surface area contributed by atoms with Crippen molar-refractivity contribution in [3.05, 3.63) is 48.5 Å². The molecule has 0 radical (unpaired) electrons. The van der Waals surface area contributed by atoms with E-state index in [-0.39, 0.29) is 23.5 Å². The summed E-state index contributed by atoms with van der Waals surface area (Å²) in [6.07, 6.45) is 1.92. The molecule has 1 amide bonds. The summed E-state index contributed by atoms with van der Waals surface area (Å²) in [6.45, 7) is 0.872. The van der Waals surface area contributed by atoms with Gasteiger partial charge in [-0.25, -0.2) is 8.42 Å². The fraction of sp³-hybridized carbons (Fsp3) is 0.316. The van der Waals surface area contributed by atoms with Gasteiger partial charge >= 0.3 is 0 Å². The Balaban J connectivity index is 1.62. The van der Waals surface area contributed by atoms with Gasteiger partial charge in [-0.1, -0.05) is 36.4 Å². The average molecular weight is 372 g/mol. The lowest BCUT2D eigenvalue weighted by atomic mass is 10.0. The zero-order valence-corrected chi connectivity index (χ0v) is 15.0. The number of para-hydroxylation sites is 1. The van der Waals surface area contributed by atoms with Crippen molar-refractivity contribution < 1.29 is 17.9 Å². The summed E-state index contributed by atoms with van der Waals surface area (Å²) in [7, 11) is -3.79. The third-order valence-corrected chi connectivity index (χ3v) is 6.57. The number of nitrogens with zero attached hydrogens (tertiary/aromatic N) is 1. The highest BCUT2D eigenvalue weighted by Gasteiger charge is 2.35. The number of anilines is 1. The van der Waals surface area contributed by atoms with Gasteiger partial charge in [-0.05, 0) is 25.0 Å². The second-order valence-corrected chi connectivity index (χ2v) is 8.29. The fourth-order valence-electron chi connectivity index (χ4n) is 3.47. The number of amides is 1. The zero-order valence-electron chi connectivity index (χ0n) is 14.2. The van der Waals surface area contributed by atoms with Crippen molar-refractivity contribution in [3.8, 4) is 11.1 Å². The molecule has 136 valence electrons. The Morgan fingerprint density at radius 1 is 1.12 bits per heavy atom. The molecular formula is C19H20N2O4S. The molecular weight excluding hydrogens is 352 g/mol. The second-order valence-electron chi connectivity index (χ2n) is 6.46. The van der Waals surface area contributed by atoms with E-state index in [1.807, 2.05) is 18.2 Å². The summed E-state index contributed by atoms with van der Waals surface area (Å²) < 4.78 is 32.8. The minimum absolute atomic E-state index is 0.0184. The Morgan fingerprint density at radius 3 is 2.62 bits per heavy atom. The molecule has 7 heteroatoms. The van der Waals surface area contributed by atoms with Gasteiger partial charge in [0.15, 0.2) is 0 Å². The molecule has 2 aromatic rings. The van der Waals surface area contributed by atoms with Crippen LogP contribution in [-0.4, -0.2) is 40.1 Å². The molecule has 2 heterocycles. The number of benzene rings is 2. The molecule has 0 bridgehead atoms. The summed E-state index contributed by atoms with van der Waals surface area (Å²) in [5.41, 5.74) is 2.00. The Morgan fingerprint density at radius 2 is 1.85 bits per heavy atom. The van der Waals surface area contributed by atoms with Crippen LogP contribution in [0.25, 0.3) is 11.1 Å². The van der Waals surface area contributed by atoms with Gasteiger partial charge in [0.05, 0.1) is 16.7 Å². The van der Waals surface area contributed by atoms with Crippen LogP contribution in [0, 0.1) is 0 Å². The van der Waals surface area contributed by atoms with Crippen LogP contribution in [0.15, 0.2) is 53.4 Å². The van der Waals surface area contributed by atoms with Crippen LogP contribution in [0.5, 0.6) is 0 Å². The number of sulfonamides is 1. The lowest BCUT2D eigenvalue weighted by Gasteiger charge is -2.31. The predicted molar refractivity (Wildman–Crippen MR) is 98.4 cm³/mol. The minimum atomic E-state index is -3.79. The van der Waals surface area contributed by atoms with Crippen LogP contribution in [0.2, 0.25) is 0 Å². The number of nitrogens with one attached hydrogen (secondary N) is 1. The molecule has 1 N–H and O–H groups in total. The van der Waals surface area contributed by atoms with E-state index in [0.29, 0.717) is 24.4 Å². The molecule has 0 spiro atoms. The van der Waals surface area contributed by atoms with Crippen molar-refractivity contribution in [1.29, 1.82) is 0 Å².